The van der Waals surface area contributed by atoms with Crippen molar-refractivity contribution < 1.29 is 13.6 Å². The average Bonchev–Trinajstić information content (AvgIpc) is 2.71. The Morgan fingerprint density at radius 3 is 2.39 bits per heavy atom. The van der Waals surface area contributed by atoms with Gasteiger partial charge in [-0.2, -0.15) is 0 Å². The summed E-state index contributed by atoms with van der Waals surface area (Å²) in [6.07, 6.45) is 0. The number of nitrogens with two attached hydrogens (primary N) is 1. The highest BCUT2D eigenvalue weighted by Crippen LogP contribution is 2.22. The molecule has 1 aliphatic heterocycles. The fourth-order valence-electron chi connectivity index (χ4n) is 3.19. The van der Waals surface area contributed by atoms with Crippen molar-refractivity contribution in [3.63, 3.8) is 0 Å². The Bertz CT molecular complexity index is 861. The van der Waals surface area contributed by atoms with Crippen LogP contribution in [0.15, 0.2) is 47.5 Å². The maximum Gasteiger partial charge on any atom is 0.248 e. The summed E-state index contributed by atoms with van der Waals surface area (Å²) in [4.78, 5) is 19.4. The fourth-order valence-corrected chi connectivity index (χ4v) is 3.19. The van der Waals surface area contributed by atoms with Crippen LogP contribution in [0, 0.1) is 11.6 Å². The van der Waals surface area contributed by atoms with Gasteiger partial charge in [0.25, 0.3) is 0 Å². The van der Waals surface area contributed by atoms with Crippen LogP contribution >= 0.6 is 0 Å². The van der Waals surface area contributed by atoms with Crippen LogP contribution in [0.2, 0.25) is 0 Å². The lowest BCUT2D eigenvalue weighted by Crippen LogP contribution is -2.52. The van der Waals surface area contributed by atoms with Gasteiger partial charge in [0.1, 0.15) is 11.6 Å². The normalized spacial score (nSPS) is 14.9. The molecule has 0 bridgehead atoms. The van der Waals surface area contributed by atoms with Crippen LogP contribution < -0.4 is 16.0 Å². The molecular weight excluding hydrogens is 364 g/mol. The van der Waals surface area contributed by atoms with Crippen molar-refractivity contribution in [2.75, 3.05) is 38.1 Å². The maximum atomic E-state index is 14.0. The van der Waals surface area contributed by atoms with Crippen LogP contribution in [0.3, 0.4) is 0 Å². The Labute approximate surface area is 162 Å². The van der Waals surface area contributed by atoms with Crippen molar-refractivity contribution in [2.45, 2.75) is 6.54 Å². The molecule has 6 nitrogen and oxygen atoms in total. The van der Waals surface area contributed by atoms with Gasteiger partial charge in [0.05, 0.1) is 5.69 Å². The third-order valence-corrected chi connectivity index (χ3v) is 4.73. The highest BCUT2D eigenvalue weighted by molar-refractivity contribution is 5.92. The predicted molar refractivity (Wildman–Crippen MR) is 105 cm³/mol. The molecule has 1 heterocycles. The molecule has 3 N–H and O–H groups in total. The van der Waals surface area contributed by atoms with E-state index in [1.807, 2.05) is 17.0 Å². The second-order valence-electron chi connectivity index (χ2n) is 6.53. The van der Waals surface area contributed by atoms with E-state index in [1.54, 1.807) is 19.2 Å². The first-order valence-electron chi connectivity index (χ1n) is 9.02. The standard InChI is InChI=1S/C20H23F2N5O/c1-24-20(25-13-14-2-4-15(5-3-14)19(23)28)27-10-8-26(9-11-27)18-12-16(21)6-7-17(18)22/h2-7,12H,8-11,13H2,1H3,(H2,23,28)(H,24,25). The van der Waals surface area contributed by atoms with Crippen LogP contribution in [-0.4, -0.2) is 50.0 Å². The topological polar surface area (TPSA) is 74.0 Å². The van der Waals surface area contributed by atoms with E-state index in [0.29, 0.717) is 38.3 Å². The van der Waals surface area contributed by atoms with Crippen LogP contribution in [-0.2, 0) is 6.54 Å². The van der Waals surface area contributed by atoms with Gasteiger partial charge in [0, 0.05) is 51.4 Å². The van der Waals surface area contributed by atoms with Crippen molar-refractivity contribution in [3.05, 3.63) is 65.2 Å². The summed E-state index contributed by atoms with van der Waals surface area (Å²) < 4.78 is 27.4. The Balaban J connectivity index is 1.56. The van der Waals surface area contributed by atoms with Gasteiger partial charge in [0.15, 0.2) is 5.96 Å². The third-order valence-electron chi connectivity index (χ3n) is 4.73. The maximum absolute atomic E-state index is 14.0. The predicted octanol–water partition coefficient (Wildman–Crippen LogP) is 1.96. The summed E-state index contributed by atoms with van der Waals surface area (Å²) in [6, 6.07) is 10.6. The SMILES string of the molecule is CN=C(NCc1ccc(C(N)=O)cc1)N1CCN(c2cc(F)ccc2F)CC1. The number of carbonyl (C=O) groups is 1. The molecule has 8 heteroatoms. The second kappa shape index (κ2) is 8.69. The summed E-state index contributed by atoms with van der Waals surface area (Å²) >= 11 is 0. The number of anilines is 1. The molecule has 148 valence electrons. The number of benzene rings is 2. The van der Waals surface area contributed by atoms with Crippen LogP contribution in [0.5, 0.6) is 0 Å². The smallest absolute Gasteiger partial charge is 0.248 e. The first kappa shape index (κ1) is 19.6. The van der Waals surface area contributed by atoms with Crippen molar-refractivity contribution >= 4 is 17.6 Å². The molecule has 0 spiro atoms. The van der Waals surface area contributed by atoms with Gasteiger partial charge in [0.2, 0.25) is 5.91 Å². The minimum absolute atomic E-state index is 0.289. The summed E-state index contributed by atoms with van der Waals surface area (Å²) in [5, 5.41) is 3.29. The highest BCUT2D eigenvalue weighted by atomic mass is 19.1. The monoisotopic (exact) mass is 387 g/mol. The van der Waals surface area contributed by atoms with Crippen LogP contribution in [0.4, 0.5) is 14.5 Å². The number of carbonyl (C=O) groups excluding carboxylic acids is 1. The molecule has 3 rings (SSSR count). The highest BCUT2D eigenvalue weighted by Gasteiger charge is 2.22. The number of hydrogen-bond acceptors (Lipinski definition) is 3. The van der Waals surface area contributed by atoms with E-state index < -0.39 is 17.5 Å². The minimum Gasteiger partial charge on any atom is -0.366 e. The number of amides is 1. The lowest BCUT2D eigenvalue weighted by Gasteiger charge is -2.37. The molecule has 2 aromatic rings. The molecular formula is C20H23F2N5O. The molecule has 28 heavy (non-hydrogen) atoms. The molecule has 0 aliphatic carbocycles. The van der Waals surface area contributed by atoms with Gasteiger partial charge < -0.3 is 20.9 Å². The number of hydrogen-bond donors (Lipinski definition) is 2. The zero-order chi connectivity index (χ0) is 20.1. The number of rotatable bonds is 4. The van der Waals surface area contributed by atoms with E-state index in [4.69, 9.17) is 5.73 Å². The largest absolute Gasteiger partial charge is 0.366 e. The average molecular weight is 387 g/mol. The Kier molecular flexibility index (Phi) is 6.08. The molecule has 2 aromatic carbocycles. The third kappa shape index (κ3) is 4.57. The van der Waals surface area contributed by atoms with E-state index in [0.717, 1.165) is 23.7 Å². The number of aliphatic imine (C=N–C) groups is 1. The van der Waals surface area contributed by atoms with E-state index in [2.05, 4.69) is 15.2 Å². The first-order chi connectivity index (χ1) is 13.5. The fraction of sp³-hybridized carbons (Fsp3) is 0.300. The number of primary amides is 1. The Hall–Kier alpha value is -3.16. The summed E-state index contributed by atoms with van der Waals surface area (Å²) in [5.41, 5.74) is 7.00. The number of halogens is 2. The zero-order valence-corrected chi connectivity index (χ0v) is 15.7. The van der Waals surface area contributed by atoms with Gasteiger partial charge in [-0.05, 0) is 29.8 Å². The van der Waals surface area contributed by atoms with Gasteiger partial charge in [-0.1, -0.05) is 12.1 Å². The Morgan fingerprint density at radius 1 is 1.11 bits per heavy atom. The molecule has 1 amide bonds. The van der Waals surface area contributed by atoms with E-state index in [-0.39, 0.29) is 5.69 Å². The second-order valence-corrected chi connectivity index (χ2v) is 6.53. The molecule has 0 aromatic heterocycles. The van der Waals surface area contributed by atoms with Gasteiger partial charge in [-0.25, -0.2) is 8.78 Å². The van der Waals surface area contributed by atoms with Gasteiger partial charge >= 0.3 is 0 Å². The molecule has 0 radical (unpaired) electrons. The van der Waals surface area contributed by atoms with Crippen molar-refractivity contribution in [1.82, 2.24) is 10.2 Å². The quantitative estimate of drug-likeness (QED) is 0.621. The summed E-state index contributed by atoms with van der Waals surface area (Å²) in [5.74, 6) is -0.586. The number of guanidine groups is 1. The lowest BCUT2D eigenvalue weighted by atomic mass is 10.1. The molecule has 0 saturated carbocycles. The van der Waals surface area contributed by atoms with Gasteiger partial charge in [-0.3, -0.25) is 9.79 Å². The first-order valence-corrected chi connectivity index (χ1v) is 9.02. The van der Waals surface area contributed by atoms with E-state index in [9.17, 15) is 13.6 Å². The number of piperazine rings is 1. The van der Waals surface area contributed by atoms with Crippen LogP contribution in [0.25, 0.3) is 0 Å². The molecule has 0 unspecified atom stereocenters. The van der Waals surface area contributed by atoms with Crippen molar-refractivity contribution in [1.29, 1.82) is 0 Å². The molecule has 1 aliphatic rings. The summed E-state index contributed by atoms with van der Waals surface area (Å²) in [6.45, 7) is 2.94. The summed E-state index contributed by atoms with van der Waals surface area (Å²) in [7, 11) is 1.71. The molecule has 1 fully saturated rings. The lowest BCUT2D eigenvalue weighted by molar-refractivity contribution is 0.100. The van der Waals surface area contributed by atoms with Gasteiger partial charge in [-0.15, -0.1) is 0 Å². The zero-order valence-electron chi connectivity index (χ0n) is 15.7. The van der Waals surface area contributed by atoms with E-state index in [1.165, 1.54) is 6.07 Å². The van der Waals surface area contributed by atoms with E-state index >= 15 is 0 Å². The minimum atomic E-state index is -0.456. The number of nitrogens with one attached hydrogen (secondary N) is 1. The van der Waals surface area contributed by atoms with Crippen LogP contribution in [0.1, 0.15) is 15.9 Å². The molecule has 1 saturated heterocycles. The van der Waals surface area contributed by atoms with Crippen molar-refractivity contribution in [3.8, 4) is 0 Å². The molecule has 0 atom stereocenters. The number of nitrogens with zero attached hydrogens (tertiary/aromatic N) is 3. The van der Waals surface area contributed by atoms with Crippen molar-refractivity contribution in [2.24, 2.45) is 10.7 Å². The Morgan fingerprint density at radius 2 is 1.79 bits per heavy atom.